The summed E-state index contributed by atoms with van der Waals surface area (Å²) in [7, 11) is 1.60. The molecule has 0 aromatic heterocycles. The van der Waals surface area contributed by atoms with Crippen LogP contribution in [0.3, 0.4) is 0 Å². The second-order valence-electron chi connectivity index (χ2n) is 5.44. The molecule has 0 aliphatic carbocycles. The molecule has 1 amide bonds. The average Bonchev–Trinajstić information content (AvgIpc) is 2.59. The van der Waals surface area contributed by atoms with Crippen LogP contribution in [0.4, 0.5) is 11.4 Å². The van der Waals surface area contributed by atoms with E-state index in [1.807, 2.05) is 30.4 Å². The molecule has 132 valence electrons. The molecule has 2 aromatic rings. The Labute approximate surface area is 153 Å². The maximum atomic E-state index is 12.1. The van der Waals surface area contributed by atoms with E-state index in [2.05, 4.69) is 21.2 Å². The molecule has 2 rings (SSSR count). The van der Waals surface area contributed by atoms with Crippen molar-refractivity contribution < 1.29 is 19.8 Å². The number of nitrogens with one attached hydrogen (secondary N) is 1. The zero-order chi connectivity index (χ0) is 18.4. The first-order valence-corrected chi connectivity index (χ1v) is 8.41. The van der Waals surface area contributed by atoms with Crippen molar-refractivity contribution in [3.05, 3.63) is 62.6 Å². The third-order valence-corrected chi connectivity index (χ3v) is 4.35. The Bertz CT molecular complexity index is 782. The van der Waals surface area contributed by atoms with Crippen LogP contribution in [0.1, 0.15) is 18.5 Å². The van der Waals surface area contributed by atoms with E-state index in [-0.39, 0.29) is 29.9 Å². The van der Waals surface area contributed by atoms with Gasteiger partial charge in [-0.2, -0.15) is 0 Å². The standard InChI is InChI=1S/C17H18BrN3O4/c1-11(12-7-8-16(25-2)13(18)9-12)19-10-17(22)20-14-5-3-4-6-15(14)21(23)24/h3-9,11,19H,10H2,1-2H3,(H,20,22)/p+1/t11-/m0/s1. The molecule has 0 saturated heterocycles. The predicted molar refractivity (Wildman–Crippen MR) is 97.6 cm³/mol. The van der Waals surface area contributed by atoms with Crippen LogP contribution < -0.4 is 15.4 Å². The van der Waals surface area contributed by atoms with Gasteiger partial charge in [0.1, 0.15) is 17.5 Å². The number of hydrogen-bond donors (Lipinski definition) is 2. The van der Waals surface area contributed by atoms with Gasteiger partial charge < -0.3 is 15.4 Å². The monoisotopic (exact) mass is 408 g/mol. The van der Waals surface area contributed by atoms with Gasteiger partial charge in [0, 0.05) is 11.6 Å². The lowest BCUT2D eigenvalue weighted by Gasteiger charge is -2.13. The Kier molecular flexibility index (Phi) is 6.49. The number of nitrogens with zero attached hydrogens (tertiary/aromatic N) is 1. The summed E-state index contributed by atoms with van der Waals surface area (Å²) >= 11 is 3.44. The van der Waals surface area contributed by atoms with Gasteiger partial charge in [-0.05, 0) is 47.1 Å². The Morgan fingerprint density at radius 3 is 2.72 bits per heavy atom. The van der Waals surface area contributed by atoms with Gasteiger partial charge in [0.05, 0.1) is 16.5 Å². The number of nitrogens with two attached hydrogens (primary N) is 1. The van der Waals surface area contributed by atoms with Crippen molar-refractivity contribution in [2.24, 2.45) is 0 Å². The number of methoxy groups -OCH3 is 1. The van der Waals surface area contributed by atoms with E-state index in [0.717, 1.165) is 15.8 Å². The number of ether oxygens (including phenoxy) is 1. The maximum absolute atomic E-state index is 12.1. The van der Waals surface area contributed by atoms with E-state index in [9.17, 15) is 14.9 Å². The molecule has 2 aromatic carbocycles. The number of anilines is 1. The molecule has 3 N–H and O–H groups in total. The van der Waals surface area contributed by atoms with Crippen molar-refractivity contribution in [2.75, 3.05) is 19.0 Å². The highest BCUT2D eigenvalue weighted by Gasteiger charge is 2.17. The number of hydrogen-bond acceptors (Lipinski definition) is 4. The Balaban J connectivity index is 1.96. The van der Waals surface area contributed by atoms with Crippen molar-refractivity contribution in [1.82, 2.24) is 0 Å². The summed E-state index contributed by atoms with van der Waals surface area (Å²) in [4.78, 5) is 22.5. The number of carbonyl (C=O) groups excluding carboxylic acids is 1. The van der Waals surface area contributed by atoms with E-state index in [0.29, 0.717) is 0 Å². The maximum Gasteiger partial charge on any atom is 0.292 e. The molecule has 0 saturated carbocycles. The van der Waals surface area contributed by atoms with E-state index < -0.39 is 4.92 Å². The third-order valence-electron chi connectivity index (χ3n) is 3.73. The second kappa shape index (κ2) is 8.59. The van der Waals surface area contributed by atoms with Crippen LogP contribution in [0.15, 0.2) is 46.9 Å². The van der Waals surface area contributed by atoms with Crippen molar-refractivity contribution in [1.29, 1.82) is 0 Å². The highest BCUT2D eigenvalue weighted by Crippen LogP contribution is 2.27. The topological polar surface area (TPSA) is 98.1 Å². The molecule has 0 fully saturated rings. The zero-order valence-electron chi connectivity index (χ0n) is 13.9. The van der Waals surface area contributed by atoms with Crippen LogP contribution in [0.2, 0.25) is 0 Å². The summed E-state index contributed by atoms with van der Waals surface area (Å²) in [5, 5.41) is 15.4. The van der Waals surface area contributed by atoms with Crippen LogP contribution in [0.25, 0.3) is 0 Å². The molecule has 0 radical (unpaired) electrons. The molecular formula is C17H19BrN3O4+. The minimum Gasteiger partial charge on any atom is -0.496 e. The lowest BCUT2D eigenvalue weighted by Crippen LogP contribution is -2.86. The molecule has 8 heteroatoms. The number of quaternary nitrogens is 1. The van der Waals surface area contributed by atoms with Crippen molar-refractivity contribution in [3.8, 4) is 5.75 Å². The first-order chi connectivity index (χ1) is 11.9. The number of benzene rings is 2. The fourth-order valence-electron chi connectivity index (χ4n) is 2.33. The minimum atomic E-state index is -0.517. The summed E-state index contributed by atoms with van der Waals surface area (Å²) in [6, 6.07) is 11.9. The molecule has 1 atom stereocenters. The van der Waals surface area contributed by atoms with Gasteiger partial charge in [0.2, 0.25) is 0 Å². The van der Waals surface area contributed by atoms with Gasteiger partial charge in [0.25, 0.3) is 11.6 Å². The number of carbonyl (C=O) groups is 1. The van der Waals surface area contributed by atoms with Crippen LogP contribution >= 0.6 is 15.9 Å². The van der Waals surface area contributed by atoms with Gasteiger partial charge in [-0.15, -0.1) is 0 Å². The van der Waals surface area contributed by atoms with E-state index >= 15 is 0 Å². The van der Waals surface area contributed by atoms with Gasteiger partial charge >= 0.3 is 0 Å². The number of nitro groups is 1. The molecule has 0 aliphatic heterocycles. The molecule has 0 spiro atoms. The molecule has 0 unspecified atom stereocenters. The molecule has 0 aliphatic rings. The first kappa shape index (κ1) is 18.9. The van der Waals surface area contributed by atoms with Crippen LogP contribution in [0, 0.1) is 10.1 Å². The molecule has 0 heterocycles. The smallest absolute Gasteiger partial charge is 0.292 e. The predicted octanol–water partition coefficient (Wildman–Crippen LogP) is 2.63. The zero-order valence-corrected chi connectivity index (χ0v) is 15.4. The Hall–Kier alpha value is -2.45. The number of halogens is 1. The largest absolute Gasteiger partial charge is 0.496 e. The molecule has 7 nitrogen and oxygen atoms in total. The number of nitro benzene ring substituents is 1. The average molecular weight is 409 g/mol. The van der Waals surface area contributed by atoms with Crippen LogP contribution in [0.5, 0.6) is 5.75 Å². The normalized spacial score (nSPS) is 11.6. The summed E-state index contributed by atoms with van der Waals surface area (Å²) in [5.41, 5.74) is 1.11. The Morgan fingerprint density at radius 1 is 1.36 bits per heavy atom. The van der Waals surface area contributed by atoms with E-state index in [1.165, 1.54) is 12.1 Å². The van der Waals surface area contributed by atoms with Gasteiger partial charge in [-0.3, -0.25) is 14.9 Å². The highest BCUT2D eigenvalue weighted by molar-refractivity contribution is 9.10. The lowest BCUT2D eigenvalue weighted by atomic mass is 10.1. The fraction of sp³-hybridized carbons (Fsp3) is 0.235. The van der Waals surface area contributed by atoms with Gasteiger partial charge in [-0.1, -0.05) is 12.1 Å². The summed E-state index contributed by atoms with van der Waals surface area (Å²) in [5.74, 6) is 0.443. The molecular weight excluding hydrogens is 390 g/mol. The van der Waals surface area contributed by atoms with Crippen molar-refractivity contribution >= 4 is 33.2 Å². The third kappa shape index (κ3) is 5.01. The number of amides is 1. The van der Waals surface area contributed by atoms with Gasteiger partial charge in [-0.25, -0.2) is 0 Å². The first-order valence-electron chi connectivity index (χ1n) is 7.62. The number of para-hydroxylation sites is 2. The van der Waals surface area contributed by atoms with Crippen LogP contribution in [-0.4, -0.2) is 24.5 Å². The summed E-state index contributed by atoms with van der Waals surface area (Å²) < 4.78 is 6.04. The van der Waals surface area contributed by atoms with E-state index in [1.54, 1.807) is 19.2 Å². The molecule has 0 bridgehead atoms. The van der Waals surface area contributed by atoms with Crippen LogP contribution in [-0.2, 0) is 4.79 Å². The summed E-state index contributed by atoms with van der Waals surface area (Å²) in [6.45, 7) is 2.13. The minimum absolute atomic E-state index is 0.0405. The lowest BCUT2D eigenvalue weighted by molar-refractivity contribution is -0.682. The van der Waals surface area contributed by atoms with Crippen molar-refractivity contribution in [2.45, 2.75) is 13.0 Å². The fourth-order valence-corrected chi connectivity index (χ4v) is 2.88. The van der Waals surface area contributed by atoms with E-state index in [4.69, 9.17) is 4.74 Å². The number of rotatable bonds is 7. The molecule has 25 heavy (non-hydrogen) atoms. The quantitative estimate of drug-likeness (QED) is 0.543. The van der Waals surface area contributed by atoms with Crippen molar-refractivity contribution in [3.63, 3.8) is 0 Å². The second-order valence-corrected chi connectivity index (χ2v) is 6.30. The summed E-state index contributed by atoms with van der Waals surface area (Å²) in [6.07, 6.45) is 0. The van der Waals surface area contributed by atoms with Gasteiger partial charge in [0.15, 0.2) is 6.54 Å². The highest BCUT2D eigenvalue weighted by atomic mass is 79.9. The SMILES string of the molecule is COc1ccc([C@H](C)[NH2+]CC(=O)Nc2ccccc2[N+](=O)[O-])cc1Br. The Morgan fingerprint density at radius 2 is 2.08 bits per heavy atom.